The van der Waals surface area contributed by atoms with Crippen molar-refractivity contribution in [3.63, 3.8) is 0 Å². The zero-order valence-electron chi connectivity index (χ0n) is 13.7. The number of hydrogen-bond donors (Lipinski definition) is 2. The molecular weight excluding hydrogens is 348 g/mol. The van der Waals surface area contributed by atoms with E-state index >= 15 is 0 Å². The maximum Gasteiger partial charge on any atom is 0.203 e. The zero-order chi connectivity index (χ0) is 18.1. The van der Waals surface area contributed by atoms with Gasteiger partial charge >= 0.3 is 0 Å². The molecule has 0 spiro atoms. The normalized spacial score (nSPS) is 15.9. The number of hydrogen-bond acceptors (Lipinski definition) is 5. The van der Waals surface area contributed by atoms with Crippen molar-refractivity contribution in [3.8, 4) is 22.3 Å². The Bertz CT molecular complexity index is 997. The van der Waals surface area contributed by atoms with Crippen LogP contribution in [0.4, 0.5) is 5.82 Å². The third kappa shape index (κ3) is 3.05. The van der Waals surface area contributed by atoms with Gasteiger partial charge < -0.3 is 5.73 Å². The van der Waals surface area contributed by atoms with E-state index in [-0.39, 0.29) is 5.78 Å². The number of nitrogens with one attached hydrogen (secondary N) is 1. The zero-order valence-corrected chi connectivity index (χ0v) is 14.4. The van der Waals surface area contributed by atoms with E-state index in [1.54, 1.807) is 18.3 Å². The number of anilines is 1. The number of ketones is 1. The number of Topliss-reactive ketones (excluding diaryl/α,β-unsaturated/α-hetero) is 1. The van der Waals surface area contributed by atoms with Gasteiger partial charge in [0.15, 0.2) is 0 Å². The Hall–Kier alpha value is -3.18. The van der Waals surface area contributed by atoms with Crippen molar-refractivity contribution in [2.24, 2.45) is 5.10 Å². The topological polar surface area (TPSA) is 80.4 Å². The Morgan fingerprint density at radius 2 is 1.69 bits per heavy atom. The van der Waals surface area contributed by atoms with Gasteiger partial charge in [0, 0.05) is 16.8 Å². The van der Waals surface area contributed by atoms with E-state index in [0.29, 0.717) is 10.8 Å². The number of aromatic nitrogens is 1. The first-order chi connectivity index (χ1) is 12.6. The average molecular weight is 363 g/mol. The summed E-state index contributed by atoms with van der Waals surface area (Å²) < 4.78 is 0. The van der Waals surface area contributed by atoms with Gasteiger partial charge in [0.05, 0.1) is 6.21 Å². The molecule has 1 aliphatic rings. The van der Waals surface area contributed by atoms with Gasteiger partial charge in [-0.15, -0.1) is 0 Å². The van der Waals surface area contributed by atoms with Crippen molar-refractivity contribution >= 4 is 29.4 Å². The van der Waals surface area contributed by atoms with E-state index in [0.717, 1.165) is 27.8 Å². The van der Waals surface area contributed by atoms with E-state index < -0.39 is 6.04 Å². The van der Waals surface area contributed by atoms with Crippen LogP contribution in [-0.4, -0.2) is 17.0 Å². The fraction of sp³-hybridized carbons (Fsp3) is 0.0500. The number of carbonyl (C=O) groups is 1. The molecule has 3 aromatic rings. The van der Waals surface area contributed by atoms with Crippen LogP contribution in [0.5, 0.6) is 0 Å². The van der Waals surface area contributed by atoms with Crippen LogP contribution in [-0.2, 0) is 4.79 Å². The third-order valence-electron chi connectivity index (χ3n) is 4.32. The fourth-order valence-electron chi connectivity index (χ4n) is 2.98. The molecule has 3 N–H and O–H groups in total. The summed E-state index contributed by atoms with van der Waals surface area (Å²) in [6.07, 6.45) is 3.05. The van der Waals surface area contributed by atoms with E-state index in [2.05, 4.69) is 15.5 Å². The van der Waals surface area contributed by atoms with Gasteiger partial charge in [0.2, 0.25) is 5.78 Å². The molecule has 1 aliphatic heterocycles. The maximum absolute atomic E-state index is 12.0. The minimum atomic E-state index is -0.483. The highest BCUT2D eigenvalue weighted by molar-refractivity contribution is 6.32. The van der Waals surface area contributed by atoms with E-state index in [4.69, 9.17) is 17.3 Å². The molecule has 0 fully saturated rings. The highest BCUT2D eigenvalue weighted by Gasteiger charge is 2.25. The molecule has 1 unspecified atom stereocenters. The van der Waals surface area contributed by atoms with Gasteiger partial charge in [0.1, 0.15) is 11.9 Å². The van der Waals surface area contributed by atoms with Gasteiger partial charge in [-0.05, 0) is 46.5 Å². The van der Waals surface area contributed by atoms with Crippen LogP contribution in [0.2, 0.25) is 5.02 Å². The highest BCUT2D eigenvalue weighted by Crippen LogP contribution is 2.33. The number of rotatable bonds is 3. The number of benzene rings is 2. The summed E-state index contributed by atoms with van der Waals surface area (Å²) in [6, 6.07) is 16.7. The summed E-state index contributed by atoms with van der Waals surface area (Å²) in [7, 11) is 0. The molecule has 0 amide bonds. The number of pyridine rings is 1. The third-order valence-corrected chi connectivity index (χ3v) is 4.56. The van der Waals surface area contributed by atoms with E-state index in [1.807, 2.05) is 42.5 Å². The van der Waals surface area contributed by atoms with Crippen molar-refractivity contribution in [2.45, 2.75) is 6.04 Å². The number of nitrogen functional groups attached to an aromatic ring is 1. The first kappa shape index (κ1) is 16.3. The number of hydrazone groups is 1. The first-order valence-electron chi connectivity index (χ1n) is 8.06. The monoisotopic (exact) mass is 362 g/mol. The number of nitrogens with zero attached hydrogens (tertiary/aromatic N) is 2. The molecule has 2 heterocycles. The van der Waals surface area contributed by atoms with E-state index in [1.165, 1.54) is 6.21 Å². The summed E-state index contributed by atoms with van der Waals surface area (Å²) in [4.78, 5) is 16.2. The van der Waals surface area contributed by atoms with Crippen molar-refractivity contribution in [2.75, 3.05) is 5.73 Å². The second kappa shape index (κ2) is 6.61. The minimum Gasteiger partial charge on any atom is -0.384 e. The molecule has 0 saturated carbocycles. The lowest BCUT2D eigenvalue weighted by atomic mass is 9.92. The number of nitrogens with two attached hydrogens (primary N) is 1. The lowest BCUT2D eigenvalue weighted by molar-refractivity contribution is -0.113. The second-order valence-corrected chi connectivity index (χ2v) is 6.44. The molecule has 4 rings (SSSR count). The number of carbonyl (C=O) groups excluding carboxylic acids is 1. The Kier molecular flexibility index (Phi) is 4.14. The predicted octanol–water partition coefficient (Wildman–Crippen LogP) is 3.85. The van der Waals surface area contributed by atoms with Crippen LogP contribution in [0.15, 0.2) is 65.9 Å². The minimum absolute atomic E-state index is 0.0712. The fourth-order valence-corrected chi connectivity index (χ4v) is 3.16. The van der Waals surface area contributed by atoms with Crippen LogP contribution in [0.25, 0.3) is 22.3 Å². The van der Waals surface area contributed by atoms with Crippen molar-refractivity contribution < 1.29 is 4.79 Å². The summed E-state index contributed by atoms with van der Waals surface area (Å²) in [5.41, 5.74) is 13.2. The SMILES string of the molecule is Nc1ccc(-c2ccc(-c3cc(Cl)ccc3C3NN=CC3=O)cc2)cn1. The molecule has 0 aliphatic carbocycles. The molecule has 1 aromatic heterocycles. The average Bonchev–Trinajstić information content (AvgIpc) is 3.08. The molecule has 26 heavy (non-hydrogen) atoms. The summed E-state index contributed by atoms with van der Waals surface area (Å²) in [5, 5.41) is 4.48. The largest absolute Gasteiger partial charge is 0.384 e. The van der Waals surface area contributed by atoms with Crippen LogP contribution in [0.3, 0.4) is 0 Å². The smallest absolute Gasteiger partial charge is 0.203 e. The quantitative estimate of drug-likeness (QED) is 0.741. The van der Waals surface area contributed by atoms with Crippen molar-refractivity contribution in [3.05, 3.63) is 71.4 Å². The molecule has 5 nitrogen and oxygen atoms in total. The highest BCUT2D eigenvalue weighted by atomic mass is 35.5. The Morgan fingerprint density at radius 3 is 2.35 bits per heavy atom. The Balaban J connectivity index is 1.72. The number of halogens is 1. The summed E-state index contributed by atoms with van der Waals surface area (Å²) in [6.45, 7) is 0. The summed E-state index contributed by atoms with van der Waals surface area (Å²) >= 11 is 6.20. The van der Waals surface area contributed by atoms with Crippen molar-refractivity contribution in [1.29, 1.82) is 0 Å². The van der Waals surface area contributed by atoms with Gasteiger partial charge in [-0.2, -0.15) is 5.10 Å². The van der Waals surface area contributed by atoms with Crippen LogP contribution in [0, 0.1) is 0 Å². The van der Waals surface area contributed by atoms with E-state index in [9.17, 15) is 4.79 Å². The molecular formula is C20H15ClN4O. The van der Waals surface area contributed by atoms with Gasteiger partial charge in [-0.25, -0.2) is 4.98 Å². The summed E-state index contributed by atoms with van der Waals surface area (Å²) in [5.74, 6) is 0.419. The molecule has 6 heteroatoms. The van der Waals surface area contributed by atoms with Crippen LogP contribution in [0.1, 0.15) is 11.6 Å². The van der Waals surface area contributed by atoms with Crippen LogP contribution >= 0.6 is 11.6 Å². The predicted molar refractivity (Wildman–Crippen MR) is 104 cm³/mol. The Morgan fingerprint density at radius 1 is 0.962 bits per heavy atom. The maximum atomic E-state index is 12.0. The standard InChI is InChI=1S/C20H15ClN4O/c21-15-6-7-16(20-18(26)11-24-25-20)17(9-15)13-3-1-12(2-4-13)14-5-8-19(22)23-10-14/h1-11,20,25H,(H2,22,23). The molecule has 0 radical (unpaired) electrons. The molecule has 0 saturated heterocycles. The second-order valence-electron chi connectivity index (χ2n) is 6.00. The first-order valence-corrected chi connectivity index (χ1v) is 8.44. The van der Waals surface area contributed by atoms with Crippen LogP contribution < -0.4 is 11.2 Å². The van der Waals surface area contributed by atoms with Gasteiger partial charge in [-0.1, -0.05) is 41.9 Å². The van der Waals surface area contributed by atoms with Gasteiger partial charge in [-0.3, -0.25) is 10.2 Å². The molecule has 0 bridgehead atoms. The van der Waals surface area contributed by atoms with Gasteiger partial charge in [0.25, 0.3) is 0 Å². The van der Waals surface area contributed by atoms with Crippen molar-refractivity contribution in [1.82, 2.24) is 10.4 Å². The Labute approximate surface area is 155 Å². The molecule has 2 aromatic carbocycles. The molecule has 128 valence electrons. The molecule has 1 atom stereocenters. The lowest BCUT2D eigenvalue weighted by Gasteiger charge is -2.15. The lowest BCUT2D eigenvalue weighted by Crippen LogP contribution is -2.18.